The van der Waals surface area contributed by atoms with Crippen LogP contribution in [0.5, 0.6) is 0 Å². The first-order valence-electron chi connectivity index (χ1n) is 33.7. The number of fused-ring (bicyclic) bond motifs is 2. The molecule has 0 saturated carbocycles. The summed E-state index contributed by atoms with van der Waals surface area (Å²) in [6, 6.07) is 41.1. The van der Waals surface area contributed by atoms with Crippen molar-refractivity contribution in [3.63, 3.8) is 0 Å². The number of amides is 10. The molecule has 9 rings (SSSR count). The molecule has 5 aromatic heterocycles. The Balaban J connectivity index is -0.000000134. The number of nitrogens with two attached hydrogens (primary N) is 3. The Morgan fingerprint density at radius 2 is 0.840 bits per heavy atom. The number of halogens is 6. The standard InChI is InChI=1S/C20H21N3O.C15H12N2.C10H14N6O2.C10H17N5O2.C7H13N3O.C6H6N6O2.C5H10N4O2.7CH4.6ClH/c1-20(2,3)23-19(24)17(14-21)22-18(15-10-6-4-7-11-15)16-12-8-5-9-13-16;16-11-12-17-15(13-7-3-1-4-8-13)14-9-5-2-6-10-14;1-10(2,3)12-8(17)6-7-13-14-15(4)9(18)16(7)5-11-6;1-10(2,3)14-8(16)6-7(11)15(5-13-6)9(17)12-4;1-7(2,3)10-6(11)5(9)4-8;1-11-6(14)12-2-8-3(4(7)13)5(12)9-10-11;1-6-4(10)8-3-9-5(11)7-2;;;;;;;;;;;;;/h4-13,17H,1-3H3,(H,23,24);1-10H,12H2;5H,1-4H3,(H,12,17);5H,11H2,1-4H3,(H,12,17)(H,14,16);5H,9H2,1-3H3,(H,10,11);2H,1H3,(H2,7,13);3H,1-2H3,(H3,6,7,8,9,10,11);7*1H4;6*1H. The van der Waals surface area contributed by atoms with E-state index in [1.165, 1.54) is 58.6 Å². The molecule has 0 fully saturated rings. The number of hydrogen-bond acceptors (Lipinski definition) is 24. The fraction of sp³-hybridized carbons (Fsp3) is 0.388. The number of urea groups is 2. The van der Waals surface area contributed by atoms with Gasteiger partial charge in [0.25, 0.3) is 29.5 Å². The lowest BCUT2D eigenvalue weighted by molar-refractivity contribution is -0.123. The number of imidazole rings is 3. The zero-order chi connectivity index (χ0) is 84.3. The van der Waals surface area contributed by atoms with Gasteiger partial charge in [0.1, 0.15) is 37.7 Å². The van der Waals surface area contributed by atoms with Gasteiger partial charge in [0.2, 0.25) is 6.04 Å². The molecule has 125 heavy (non-hydrogen) atoms. The Labute approximate surface area is 769 Å². The number of primary amides is 1. The van der Waals surface area contributed by atoms with E-state index in [0.717, 1.165) is 52.6 Å². The molecule has 0 aliphatic heterocycles. The average Bonchev–Trinajstić information content (AvgIpc) is 1.62. The first-order chi connectivity index (χ1) is 52.5. The van der Waals surface area contributed by atoms with E-state index in [4.69, 9.17) is 27.7 Å². The van der Waals surface area contributed by atoms with Crippen LogP contribution in [0.15, 0.2) is 165 Å². The second-order valence-corrected chi connectivity index (χ2v) is 27.2. The van der Waals surface area contributed by atoms with Gasteiger partial charge >= 0.3 is 29.5 Å². The number of hydrogen-bond donors (Lipinski definition) is 11. The summed E-state index contributed by atoms with van der Waals surface area (Å²) in [6.45, 7) is 22.4. The number of aliphatic imine (C=N–C) groups is 3. The van der Waals surface area contributed by atoms with E-state index < -0.39 is 70.7 Å². The zero-order valence-electron chi connectivity index (χ0n) is 67.5. The Bertz CT molecular complexity index is 4990. The third kappa shape index (κ3) is 46.9. The van der Waals surface area contributed by atoms with E-state index >= 15 is 0 Å². The summed E-state index contributed by atoms with van der Waals surface area (Å²) in [5.41, 5.74) is 19.1. The summed E-state index contributed by atoms with van der Waals surface area (Å²) >= 11 is 0. The molecule has 14 N–H and O–H groups in total. The van der Waals surface area contributed by atoms with E-state index in [2.05, 4.69) is 99.2 Å². The first kappa shape index (κ1) is 135. The number of rotatable bonds is 12. The van der Waals surface area contributed by atoms with Gasteiger partial charge in [-0.25, -0.2) is 52.3 Å². The summed E-state index contributed by atoms with van der Waals surface area (Å²) in [5, 5.41) is 60.9. The highest BCUT2D eigenvalue weighted by Crippen LogP contribution is 2.16. The van der Waals surface area contributed by atoms with Crippen molar-refractivity contribution in [3.05, 3.63) is 201 Å². The normalized spacial score (nSPS) is 9.94. The van der Waals surface area contributed by atoms with E-state index in [0.29, 0.717) is 5.71 Å². The Hall–Kier alpha value is -12.8. The van der Waals surface area contributed by atoms with Crippen molar-refractivity contribution in [1.82, 2.24) is 101 Å². The van der Waals surface area contributed by atoms with E-state index in [1.54, 1.807) is 6.07 Å². The number of nitriles is 3. The highest BCUT2D eigenvalue weighted by Gasteiger charge is 2.26. The molecule has 0 saturated heterocycles. The fourth-order valence-corrected chi connectivity index (χ4v) is 8.38. The molecule has 0 aliphatic rings. The summed E-state index contributed by atoms with van der Waals surface area (Å²) in [7, 11) is 7.29. The fourth-order valence-electron chi connectivity index (χ4n) is 8.38. The Morgan fingerprint density at radius 3 is 1.18 bits per heavy atom. The van der Waals surface area contributed by atoms with Gasteiger partial charge < -0.3 is 54.4 Å². The smallest absolute Gasteiger partial charge is 0.352 e. The van der Waals surface area contributed by atoms with Crippen LogP contribution in [0.4, 0.5) is 20.2 Å². The molecular formula is C80H127Cl6N29O10. The van der Waals surface area contributed by atoms with E-state index in [9.17, 15) is 53.2 Å². The largest absolute Gasteiger partial charge is 0.383 e. The second kappa shape index (κ2) is 64.9. The van der Waals surface area contributed by atoms with Crippen LogP contribution in [-0.2, 0) is 23.7 Å². The molecule has 9 aromatic rings. The number of benzene rings is 4. The number of nitrogens with one attached hydrogen (secondary N) is 8. The maximum atomic E-state index is 12.3. The van der Waals surface area contributed by atoms with Gasteiger partial charge in [-0.2, -0.15) is 30.1 Å². The minimum atomic E-state index is -1.10. The average molecular weight is 1870 g/mol. The maximum absolute atomic E-state index is 12.3. The van der Waals surface area contributed by atoms with Crippen molar-refractivity contribution in [2.75, 3.05) is 33.4 Å². The minimum Gasteiger partial charge on any atom is -0.383 e. The van der Waals surface area contributed by atoms with Crippen LogP contribution in [0.25, 0.3) is 11.3 Å². The van der Waals surface area contributed by atoms with Crippen LogP contribution in [-0.4, -0.2) is 186 Å². The number of aryl methyl sites for hydroxylation is 2. The lowest BCUT2D eigenvalue weighted by atomic mass is 10.0. The molecular weight excluding hydrogens is 1740 g/mol. The van der Waals surface area contributed by atoms with Crippen molar-refractivity contribution in [3.8, 4) is 18.2 Å². The summed E-state index contributed by atoms with van der Waals surface area (Å²) in [5.74, 6) is -2.33. The van der Waals surface area contributed by atoms with Gasteiger partial charge in [-0.3, -0.25) is 39.3 Å². The number of anilines is 1. The topological polar surface area (TPSA) is 567 Å². The monoisotopic (exact) mass is 1860 g/mol. The zero-order valence-corrected chi connectivity index (χ0v) is 72.4. The molecule has 0 bridgehead atoms. The van der Waals surface area contributed by atoms with Crippen LogP contribution in [0.3, 0.4) is 0 Å². The SMILES string of the molecule is C.C.C.C.C.C.C.CC(C)(C)NC(=O)C(C#N)N=C(c1ccccc1)c1ccccc1.CC(C)(C)NC(=O)C(N)C#N.CNC(=O)N=CNC(=O)NC.CNC(=O)n1cnc(C(=O)NC(C)(C)C)c1N.Cl.Cl.Cl.Cl.Cl.Cl.Cn1nnc2c(C(=O)NC(C)(C)C)ncn2c1=O.Cn1nnc2c(C(N)=O)ncn2c1=O.N#CCN=C(c1ccccc1)c1ccccc1. The third-order valence-electron chi connectivity index (χ3n) is 13.2. The number of nitrogen functional groups attached to an aromatic ring is 1. The highest BCUT2D eigenvalue weighted by atomic mass is 35.5. The van der Waals surface area contributed by atoms with Gasteiger partial charge in [-0.05, 0) is 83.1 Å². The Morgan fingerprint density at radius 1 is 0.488 bits per heavy atom. The molecule has 2 unspecified atom stereocenters. The molecule has 0 spiro atoms. The van der Waals surface area contributed by atoms with Crippen LogP contribution in [0, 0.1) is 34.0 Å². The van der Waals surface area contributed by atoms with Crippen molar-refractivity contribution in [2.45, 2.75) is 169 Å². The van der Waals surface area contributed by atoms with Crippen molar-refractivity contribution >= 4 is 157 Å². The number of carbonyl (C=O) groups is 8. The number of nitrogens with zero attached hydrogens (tertiary/aromatic N) is 18. The van der Waals surface area contributed by atoms with Gasteiger partial charge in [0.15, 0.2) is 34.4 Å². The van der Waals surface area contributed by atoms with Crippen molar-refractivity contribution in [1.29, 1.82) is 15.8 Å². The van der Waals surface area contributed by atoms with Gasteiger partial charge in [-0.1, -0.05) is 184 Å². The quantitative estimate of drug-likeness (QED) is 0.0308. The van der Waals surface area contributed by atoms with Crippen molar-refractivity contribution < 1.29 is 38.4 Å². The minimum absolute atomic E-state index is 0. The molecule has 4 aromatic carbocycles. The first-order valence-corrected chi connectivity index (χ1v) is 33.7. The maximum Gasteiger partial charge on any atom is 0.352 e. The number of carbonyl (C=O) groups excluding carboxylic acids is 8. The van der Waals surface area contributed by atoms with Gasteiger partial charge in [-0.15, -0.1) is 84.6 Å². The van der Waals surface area contributed by atoms with E-state index in [1.807, 2.05) is 210 Å². The molecule has 5 heterocycles. The van der Waals surface area contributed by atoms with Crippen molar-refractivity contribution in [2.24, 2.45) is 40.5 Å². The second-order valence-electron chi connectivity index (χ2n) is 27.2. The molecule has 0 aliphatic carbocycles. The molecule has 2 atom stereocenters. The predicted molar refractivity (Wildman–Crippen MR) is 509 cm³/mol. The summed E-state index contributed by atoms with van der Waals surface area (Å²) < 4.78 is 5.47. The summed E-state index contributed by atoms with van der Waals surface area (Å²) in [6.07, 6.45) is 4.68. The van der Waals surface area contributed by atoms with Crippen LogP contribution < -0.4 is 71.1 Å². The molecule has 39 nitrogen and oxygen atoms in total. The predicted octanol–water partition coefficient (Wildman–Crippen LogP) is 9.85. The highest BCUT2D eigenvalue weighted by molar-refractivity contribution is 6.14. The summed E-state index contributed by atoms with van der Waals surface area (Å²) in [4.78, 5) is 137. The number of aromatic nitrogens is 12. The molecule has 10 amide bonds. The lowest BCUT2D eigenvalue weighted by Crippen LogP contribution is -2.48. The molecule has 694 valence electrons. The van der Waals surface area contributed by atoms with Crippen LogP contribution in [0.2, 0.25) is 0 Å². The van der Waals surface area contributed by atoms with E-state index in [-0.39, 0.29) is 190 Å². The van der Waals surface area contributed by atoms with Crippen LogP contribution >= 0.6 is 74.4 Å². The van der Waals surface area contributed by atoms with Gasteiger partial charge in [0, 0.05) is 79.6 Å². The molecule has 0 radical (unpaired) electrons. The lowest BCUT2D eigenvalue weighted by Gasteiger charge is -2.21. The third-order valence-corrected chi connectivity index (χ3v) is 13.2. The van der Waals surface area contributed by atoms with Gasteiger partial charge in [0.05, 0.1) is 29.6 Å². The Kier molecular flexibility index (Phi) is 70.4. The molecule has 45 heteroatoms. The van der Waals surface area contributed by atoms with Crippen LogP contribution in [0.1, 0.15) is 189 Å².